The van der Waals surface area contributed by atoms with Crippen LogP contribution in [0.5, 0.6) is 0 Å². The Balaban J connectivity index is 1.58. The van der Waals surface area contributed by atoms with Gasteiger partial charge in [0, 0.05) is 18.6 Å². The number of nitrogens with one attached hydrogen (secondary N) is 1. The van der Waals surface area contributed by atoms with Gasteiger partial charge in [0.15, 0.2) is 0 Å². The third kappa shape index (κ3) is 1.94. The van der Waals surface area contributed by atoms with Crippen LogP contribution in [-0.4, -0.2) is 36.6 Å². The maximum Gasteiger partial charge on any atom is 0.0123 e. The van der Waals surface area contributed by atoms with Gasteiger partial charge in [-0.3, -0.25) is 0 Å². The second-order valence-corrected chi connectivity index (χ2v) is 5.93. The first-order chi connectivity index (χ1) is 7.33. The molecule has 2 saturated heterocycles. The van der Waals surface area contributed by atoms with Crippen molar-refractivity contribution >= 4 is 0 Å². The fourth-order valence-electron chi connectivity index (χ4n) is 3.84. The molecule has 3 fully saturated rings. The van der Waals surface area contributed by atoms with Crippen LogP contribution in [0.15, 0.2) is 0 Å². The molecule has 2 nitrogen and oxygen atoms in total. The zero-order valence-corrected chi connectivity index (χ0v) is 9.91. The third-order valence-electron chi connectivity index (χ3n) is 4.92. The highest BCUT2D eigenvalue weighted by Gasteiger charge is 2.36. The Kier molecular flexibility index (Phi) is 2.73. The first-order valence-electron chi connectivity index (χ1n) is 6.81. The Morgan fingerprint density at radius 2 is 1.87 bits per heavy atom. The van der Waals surface area contributed by atoms with Crippen molar-refractivity contribution < 1.29 is 0 Å². The molecule has 15 heavy (non-hydrogen) atoms. The smallest absolute Gasteiger partial charge is 0.0123 e. The highest BCUT2D eigenvalue weighted by Crippen LogP contribution is 2.31. The number of hydrogen-bond acceptors (Lipinski definition) is 2. The van der Waals surface area contributed by atoms with Crippen molar-refractivity contribution in [1.29, 1.82) is 0 Å². The average Bonchev–Trinajstić information content (AvgIpc) is 2.80. The van der Waals surface area contributed by atoms with E-state index in [2.05, 4.69) is 17.1 Å². The lowest BCUT2D eigenvalue weighted by Crippen LogP contribution is -2.48. The van der Waals surface area contributed by atoms with Gasteiger partial charge in [0.05, 0.1) is 0 Å². The Morgan fingerprint density at radius 1 is 1.00 bits per heavy atom. The van der Waals surface area contributed by atoms with Gasteiger partial charge in [-0.2, -0.15) is 0 Å². The van der Waals surface area contributed by atoms with E-state index in [0.717, 1.165) is 23.9 Å². The zero-order valence-electron chi connectivity index (χ0n) is 9.91. The minimum Gasteiger partial charge on any atom is -0.311 e. The molecule has 0 amide bonds. The summed E-state index contributed by atoms with van der Waals surface area (Å²) in [5.74, 6) is 1.89. The SMILES string of the molecule is CC1CCCC1NC1CCN2CCC1C2. The summed E-state index contributed by atoms with van der Waals surface area (Å²) in [4.78, 5) is 2.64. The molecule has 3 rings (SSSR count). The van der Waals surface area contributed by atoms with Crippen molar-refractivity contribution in [2.45, 2.75) is 51.1 Å². The van der Waals surface area contributed by atoms with Crippen molar-refractivity contribution in [2.24, 2.45) is 11.8 Å². The van der Waals surface area contributed by atoms with Crippen LogP contribution in [0.25, 0.3) is 0 Å². The minimum absolute atomic E-state index is 0.835. The predicted octanol–water partition coefficient (Wildman–Crippen LogP) is 1.86. The van der Waals surface area contributed by atoms with E-state index in [9.17, 15) is 0 Å². The molecule has 0 aromatic heterocycles. The van der Waals surface area contributed by atoms with Gasteiger partial charge in [-0.15, -0.1) is 0 Å². The van der Waals surface area contributed by atoms with Crippen LogP contribution in [0.1, 0.15) is 39.0 Å². The maximum absolute atomic E-state index is 3.97. The monoisotopic (exact) mass is 208 g/mol. The molecule has 0 aromatic carbocycles. The van der Waals surface area contributed by atoms with Crippen molar-refractivity contribution in [3.8, 4) is 0 Å². The van der Waals surface area contributed by atoms with Gasteiger partial charge < -0.3 is 10.2 Å². The van der Waals surface area contributed by atoms with Crippen molar-refractivity contribution in [2.75, 3.05) is 19.6 Å². The molecular weight excluding hydrogens is 184 g/mol. The predicted molar refractivity (Wildman–Crippen MR) is 62.9 cm³/mol. The standard InChI is InChI=1S/C13H24N2/c1-10-3-2-4-12(10)14-13-6-8-15-7-5-11(13)9-15/h10-14H,2-9H2,1H3. The molecule has 2 heteroatoms. The first-order valence-corrected chi connectivity index (χ1v) is 6.81. The van der Waals surface area contributed by atoms with Gasteiger partial charge in [-0.25, -0.2) is 0 Å². The van der Waals surface area contributed by atoms with E-state index in [1.807, 2.05) is 0 Å². The molecule has 0 aromatic rings. The van der Waals surface area contributed by atoms with Crippen LogP contribution in [0, 0.1) is 11.8 Å². The Bertz CT molecular complexity index is 229. The van der Waals surface area contributed by atoms with Crippen molar-refractivity contribution in [3.63, 3.8) is 0 Å². The lowest BCUT2D eigenvalue weighted by Gasteiger charge is -2.34. The number of hydrogen-bond donors (Lipinski definition) is 1. The third-order valence-corrected chi connectivity index (χ3v) is 4.92. The molecule has 3 aliphatic rings. The molecular formula is C13H24N2. The molecule has 2 bridgehead atoms. The second-order valence-electron chi connectivity index (χ2n) is 5.93. The van der Waals surface area contributed by atoms with E-state index in [1.54, 1.807) is 0 Å². The Hall–Kier alpha value is -0.0800. The summed E-state index contributed by atoms with van der Waals surface area (Å²) in [6.07, 6.45) is 7.16. The summed E-state index contributed by atoms with van der Waals surface area (Å²) >= 11 is 0. The number of fused-ring (bicyclic) bond motifs is 2. The largest absolute Gasteiger partial charge is 0.311 e. The van der Waals surface area contributed by atoms with Crippen LogP contribution < -0.4 is 5.32 Å². The summed E-state index contributed by atoms with van der Waals surface area (Å²) in [6.45, 7) is 6.51. The molecule has 86 valence electrons. The van der Waals surface area contributed by atoms with E-state index < -0.39 is 0 Å². The summed E-state index contributed by atoms with van der Waals surface area (Å²) in [6, 6.07) is 1.68. The topological polar surface area (TPSA) is 15.3 Å². The molecule has 0 spiro atoms. The first kappa shape index (κ1) is 10.1. The Labute approximate surface area is 93.4 Å². The molecule has 1 aliphatic carbocycles. The quantitative estimate of drug-likeness (QED) is 0.745. The van der Waals surface area contributed by atoms with Crippen molar-refractivity contribution in [3.05, 3.63) is 0 Å². The van der Waals surface area contributed by atoms with E-state index in [-0.39, 0.29) is 0 Å². The van der Waals surface area contributed by atoms with Crippen LogP contribution in [0.3, 0.4) is 0 Å². The van der Waals surface area contributed by atoms with E-state index in [0.29, 0.717) is 0 Å². The summed E-state index contributed by atoms with van der Waals surface area (Å²) in [5, 5.41) is 3.97. The number of nitrogens with zero attached hydrogens (tertiary/aromatic N) is 1. The fraction of sp³-hybridized carbons (Fsp3) is 1.00. The van der Waals surface area contributed by atoms with E-state index in [1.165, 1.54) is 51.7 Å². The highest BCUT2D eigenvalue weighted by atomic mass is 15.2. The molecule has 0 radical (unpaired) electrons. The average molecular weight is 208 g/mol. The van der Waals surface area contributed by atoms with Crippen LogP contribution in [-0.2, 0) is 0 Å². The van der Waals surface area contributed by atoms with Gasteiger partial charge >= 0.3 is 0 Å². The molecule has 2 aliphatic heterocycles. The second kappa shape index (κ2) is 4.06. The van der Waals surface area contributed by atoms with Crippen LogP contribution in [0.2, 0.25) is 0 Å². The van der Waals surface area contributed by atoms with E-state index >= 15 is 0 Å². The van der Waals surface area contributed by atoms with Crippen LogP contribution in [0.4, 0.5) is 0 Å². The molecule has 1 saturated carbocycles. The molecule has 5 unspecified atom stereocenters. The highest BCUT2D eigenvalue weighted by molar-refractivity contribution is 4.93. The maximum atomic E-state index is 3.97. The molecule has 1 N–H and O–H groups in total. The summed E-state index contributed by atoms with van der Waals surface area (Å²) < 4.78 is 0. The zero-order chi connectivity index (χ0) is 10.3. The van der Waals surface area contributed by atoms with E-state index in [4.69, 9.17) is 0 Å². The molecule has 2 heterocycles. The van der Waals surface area contributed by atoms with Gasteiger partial charge in [0.1, 0.15) is 0 Å². The van der Waals surface area contributed by atoms with Crippen LogP contribution >= 0.6 is 0 Å². The minimum atomic E-state index is 0.835. The van der Waals surface area contributed by atoms with Gasteiger partial charge in [-0.1, -0.05) is 13.3 Å². The molecule has 5 atom stereocenters. The van der Waals surface area contributed by atoms with Gasteiger partial charge in [0.2, 0.25) is 0 Å². The normalized spacial score (nSPS) is 49.8. The van der Waals surface area contributed by atoms with Gasteiger partial charge in [-0.05, 0) is 50.6 Å². The number of rotatable bonds is 2. The Morgan fingerprint density at radius 3 is 2.67 bits per heavy atom. The lowest BCUT2D eigenvalue weighted by molar-refractivity contribution is 0.202. The van der Waals surface area contributed by atoms with Gasteiger partial charge in [0.25, 0.3) is 0 Å². The lowest BCUT2D eigenvalue weighted by atomic mass is 9.92. The number of piperidine rings is 1. The summed E-state index contributed by atoms with van der Waals surface area (Å²) in [7, 11) is 0. The van der Waals surface area contributed by atoms with Crippen molar-refractivity contribution in [1.82, 2.24) is 10.2 Å². The fourth-order valence-corrected chi connectivity index (χ4v) is 3.84. The summed E-state index contributed by atoms with van der Waals surface area (Å²) in [5.41, 5.74) is 0.